The molecule has 18 heavy (non-hydrogen) atoms. The normalized spacial score (nSPS) is 21.1. The zero-order valence-electron chi connectivity index (χ0n) is 11.3. The van der Waals surface area contributed by atoms with Crippen LogP contribution in [0.4, 0.5) is 0 Å². The number of aromatic nitrogens is 1. The van der Waals surface area contributed by atoms with E-state index in [-0.39, 0.29) is 0 Å². The van der Waals surface area contributed by atoms with E-state index in [2.05, 4.69) is 23.4 Å². The molecule has 2 atom stereocenters. The molecule has 0 aromatic carbocycles. The standard InChI is InChI=1S/C15H24N2O/c1-16-14(8-9-15-5-3-11-18-15)7-6-13-4-2-10-17-12-13/h2,4,10,12,14-16H,3,5-9,11H2,1H3. The molecule has 1 aliphatic heterocycles. The maximum absolute atomic E-state index is 5.67. The quantitative estimate of drug-likeness (QED) is 0.805. The van der Waals surface area contributed by atoms with Crippen molar-refractivity contribution in [3.8, 4) is 0 Å². The Morgan fingerprint density at radius 1 is 1.50 bits per heavy atom. The lowest BCUT2D eigenvalue weighted by molar-refractivity contribution is 0.0995. The van der Waals surface area contributed by atoms with E-state index in [1.807, 2.05) is 18.5 Å². The van der Waals surface area contributed by atoms with Gasteiger partial charge in [0, 0.05) is 25.0 Å². The Bertz CT molecular complexity index is 323. The van der Waals surface area contributed by atoms with Gasteiger partial charge in [-0.15, -0.1) is 0 Å². The third-order valence-electron chi connectivity index (χ3n) is 3.77. The van der Waals surface area contributed by atoms with E-state index in [1.54, 1.807) is 0 Å². The number of aryl methyl sites for hydroxylation is 1. The highest BCUT2D eigenvalue weighted by molar-refractivity contribution is 5.08. The van der Waals surface area contributed by atoms with Crippen molar-refractivity contribution in [3.63, 3.8) is 0 Å². The fourth-order valence-corrected chi connectivity index (χ4v) is 2.58. The molecule has 1 aromatic rings. The van der Waals surface area contributed by atoms with Crippen LogP contribution < -0.4 is 5.32 Å². The van der Waals surface area contributed by atoms with Gasteiger partial charge in [-0.3, -0.25) is 4.98 Å². The van der Waals surface area contributed by atoms with Gasteiger partial charge in [0.05, 0.1) is 6.10 Å². The second kappa shape index (κ2) is 7.49. The maximum atomic E-state index is 5.67. The minimum absolute atomic E-state index is 0.513. The minimum atomic E-state index is 0.513. The van der Waals surface area contributed by atoms with E-state index in [1.165, 1.54) is 37.7 Å². The molecule has 1 aliphatic rings. The molecule has 2 unspecified atom stereocenters. The number of pyridine rings is 1. The molecule has 0 amide bonds. The molecule has 3 heteroatoms. The van der Waals surface area contributed by atoms with Gasteiger partial charge in [-0.2, -0.15) is 0 Å². The Kier molecular flexibility index (Phi) is 5.62. The van der Waals surface area contributed by atoms with Crippen LogP contribution in [0.15, 0.2) is 24.5 Å². The van der Waals surface area contributed by atoms with E-state index in [4.69, 9.17) is 4.74 Å². The van der Waals surface area contributed by atoms with Gasteiger partial charge in [0.2, 0.25) is 0 Å². The van der Waals surface area contributed by atoms with Crippen molar-refractivity contribution >= 4 is 0 Å². The maximum Gasteiger partial charge on any atom is 0.0576 e. The Labute approximate surface area is 110 Å². The van der Waals surface area contributed by atoms with Crippen molar-refractivity contribution in [2.24, 2.45) is 0 Å². The molecule has 0 bridgehead atoms. The van der Waals surface area contributed by atoms with Crippen LogP contribution in [0.3, 0.4) is 0 Å². The first-order valence-corrected chi connectivity index (χ1v) is 7.06. The Morgan fingerprint density at radius 3 is 3.11 bits per heavy atom. The smallest absolute Gasteiger partial charge is 0.0576 e. The molecule has 1 saturated heterocycles. The summed E-state index contributed by atoms with van der Waals surface area (Å²) in [7, 11) is 2.06. The van der Waals surface area contributed by atoms with Crippen molar-refractivity contribution in [1.82, 2.24) is 10.3 Å². The van der Waals surface area contributed by atoms with Gasteiger partial charge >= 0.3 is 0 Å². The van der Waals surface area contributed by atoms with Gasteiger partial charge in [-0.25, -0.2) is 0 Å². The van der Waals surface area contributed by atoms with Crippen LogP contribution >= 0.6 is 0 Å². The average molecular weight is 248 g/mol. The predicted molar refractivity (Wildman–Crippen MR) is 73.6 cm³/mol. The SMILES string of the molecule is CNC(CCc1cccnc1)CCC1CCCO1. The van der Waals surface area contributed by atoms with Crippen molar-refractivity contribution in [1.29, 1.82) is 0 Å². The van der Waals surface area contributed by atoms with Crippen LogP contribution in [-0.4, -0.2) is 30.8 Å². The monoisotopic (exact) mass is 248 g/mol. The number of rotatable bonds is 7. The molecule has 100 valence electrons. The average Bonchev–Trinajstić information content (AvgIpc) is 2.93. The van der Waals surface area contributed by atoms with Crippen molar-refractivity contribution < 1.29 is 4.74 Å². The summed E-state index contributed by atoms with van der Waals surface area (Å²) in [6, 6.07) is 4.75. The summed E-state index contributed by atoms with van der Waals surface area (Å²) in [5, 5.41) is 3.42. The molecule has 0 aliphatic carbocycles. The van der Waals surface area contributed by atoms with E-state index in [9.17, 15) is 0 Å². The molecule has 2 rings (SSSR count). The third-order valence-corrected chi connectivity index (χ3v) is 3.77. The van der Waals surface area contributed by atoms with Gasteiger partial charge in [0.1, 0.15) is 0 Å². The minimum Gasteiger partial charge on any atom is -0.378 e. The summed E-state index contributed by atoms with van der Waals surface area (Å²) < 4.78 is 5.67. The fourth-order valence-electron chi connectivity index (χ4n) is 2.58. The van der Waals surface area contributed by atoms with Crippen molar-refractivity contribution in [2.45, 2.75) is 50.7 Å². The lowest BCUT2D eigenvalue weighted by Crippen LogP contribution is -2.27. The first kappa shape index (κ1) is 13.5. The number of nitrogens with one attached hydrogen (secondary N) is 1. The summed E-state index contributed by atoms with van der Waals surface area (Å²) in [5.74, 6) is 0. The topological polar surface area (TPSA) is 34.2 Å². The van der Waals surface area contributed by atoms with E-state index >= 15 is 0 Å². The number of hydrogen-bond donors (Lipinski definition) is 1. The van der Waals surface area contributed by atoms with Gasteiger partial charge < -0.3 is 10.1 Å². The predicted octanol–water partition coefficient (Wildman–Crippen LogP) is 2.56. The molecule has 1 aromatic heterocycles. The summed E-state index contributed by atoms with van der Waals surface area (Å²) in [5.41, 5.74) is 1.33. The summed E-state index contributed by atoms with van der Waals surface area (Å²) >= 11 is 0. The first-order valence-electron chi connectivity index (χ1n) is 7.06. The van der Waals surface area contributed by atoms with E-state index < -0.39 is 0 Å². The van der Waals surface area contributed by atoms with Gasteiger partial charge in [0.25, 0.3) is 0 Å². The van der Waals surface area contributed by atoms with Crippen LogP contribution in [0.1, 0.15) is 37.7 Å². The van der Waals surface area contributed by atoms with E-state index in [0.29, 0.717) is 12.1 Å². The van der Waals surface area contributed by atoms with Crippen molar-refractivity contribution in [2.75, 3.05) is 13.7 Å². The van der Waals surface area contributed by atoms with Gasteiger partial charge in [0.15, 0.2) is 0 Å². The molecule has 1 fully saturated rings. The largest absolute Gasteiger partial charge is 0.378 e. The molecule has 0 radical (unpaired) electrons. The van der Waals surface area contributed by atoms with E-state index in [0.717, 1.165) is 13.0 Å². The molecule has 3 nitrogen and oxygen atoms in total. The summed E-state index contributed by atoms with van der Waals surface area (Å²) in [6.07, 6.45) is 11.5. The summed E-state index contributed by atoms with van der Waals surface area (Å²) in [6.45, 7) is 0.963. The molecular formula is C15H24N2O. The Morgan fingerprint density at radius 2 is 2.44 bits per heavy atom. The lowest BCUT2D eigenvalue weighted by atomic mass is 10.00. The van der Waals surface area contributed by atoms with Crippen LogP contribution in [0, 0.1) is 0 Å². The molecule has 0 spiro atoms. The lowest BCUT2D eigenvalue weighted by Gasteiger charge is -2.18. The number of ether oxygens (including phenoxy) is 1. The van der Waals surface area contributed by atoms with Crippen molar-refractivity contribution in [3.05, 3.63) is 30.1 Å². The van der Waals surface area contributed by atoms with Crippen LogP contribution in [0.2, 0.25) is 0 Å². The Hall–Kier alpha value is -0.930. The van der Waals surface area contributed by atoms with Crippen LogP contribution in [-0.2, 0) is 11.2 Å². The first-order chi connectivity index (χ1) is 8.88. The highest BCUT2D eigenvalue weighted by Crippen LogP contribution is 2.18. The highest BCUT2D eigenvalue weighted by Gasteiger charge is 2.17. The number of hydrogen-bond acceptors (Lipinski definition) is 3. The molecule has 2 heterocycles. The molecular weight excluding hydrogens is 224 g/mol. The van der Waals surface area contributed by atoms with Crippen LogP contribution in [0.25, 0.3) is 0 Å². The highest BCUT2D eigenvalue weighted by atomic mass is 16.5. The Balaban J connectivity index is 1.68. The molecule has 1 N–H and O–H groups in total. The molecule has 0 saturated carbocycles. The zero-order valence-corrected chi connectivity index (χ0v) is 11.3. The third kappa shape index (κ3) is 4.39. The summed E-state index contributed by atoms with van der Waals surface area (Å²) in [4.78, 5) is 4.16. The second-order valence-corrected chi connectivity index (χ2v) is 5.10. The number of nitrogens with zero attached hydrogens (tertiary/aromatic N) is 1. The van der Waals surface area contributed by atoms with Gasteiger partial charge in [-0.1, -0.05) is 6.07 Å². The zero-order chi connectivity index (χ0) is 12.6. The second-order valence-electron chi connectivity index (χ2n) is 5.10. The van der Waals surface area contributed by atoms with Gasteiger partial charge in [-0.05, 0) is 57.2 Å². The van der Waals surface area contributed by atoms with Crippen LogP contribution in [0.5, 0.6) is 0 Å². The fraction of sp³-hybridized carbons (Fsp3) is 0.667.